The van der Waals surface area contributed by atoms with E-state index in [0.717, 1.165) is 18.2 Å². The summed E-state index contributed by atoms with van der Waals surface area (Å²) >= 11 is 0. The summed E-state index contributed by atoms with van der Waals surface area (Å²) in [6.45, 7) is 4.86. The van der Waals surface area contributed by atoms with Crippen LogP contribution in [-0.4, -0.2) is 24.0 Å². The fraction of sp³-hybridized carbons (Fsp3) is 0.625. The summed E-state index contributed by atoms with van der Waals surface area (Å²) in [6.07, 6.45) is 7.91. The second kappa shape index (κ2) is 6.79. The molecule has 0 bridgehead atoms. The van der Waals surface area contributed by atoms with E-state index in [2.05, 4.69) is 30.0 Å². The van der Waals surface area contributed by atoms with Gasteiger partial charge in [0.2, 0.25) is 0 Å². The molecule has 1 aromatic carbocycles. The van der Waals surface area contributed by atoms with Crippen molar-refractivity contribution in [2.24, 2.45) is 0 Å². The summed E-state index contributed by atoms with van der Waals surface area (Å²) in [5.41, 5.74) is 8.07. The van der Waals surface area contributed by atoms with Crippen LogP contribution in [0.4, 0.5) is 5.69 Å². The Kier molecular flexibility index (Phi) is 5.06. The van der Waals surface area contributed by atoms with E-state index in [4.69, 9.17) is 5.73 Å². The number of hydrogen-bond acceptors (Lipinski definition) is 2. The third-order valence-corrected chi connectivity index (χ3v) is 4.08. The smallest absolute Gasteiger partial charge is 0.0316 e. The number of nitrogen functional groups attached to an aromatic ring is 1. The minimum absolute atomic E-state index is 0.833. The van der Waals surface area contributed by atoms with Crippen LogP contribution in [0.25, 0.3) is 0 Å². The Morgan fingerprint density at radius 1 is 1.33 bits per heavy atom. The second-order valence-corrected chi connectivity index (χ2v) is 5.44. The van der Waals surface area contributed by atoms with Gasteiger partial charge in [0.05, 0.1) is 0 Å². The molecule has 1 fully saturated rings. The van der Waals surface area contributed by atoms with Crippen molar-refractivity contribution in [2.45, 2.75) is 51.5 Å². The molecule has 1 heterocycles. The molecule has 1 aromatic rings. The Bertz CT molecular complexity index is 362. The Balaban J connectivity index is 1.77. The van der Waals surface area contributed by atoms with Crippen LogP contribution in [0.5, 0.6) is 0 Å². The van der Waals surface area contributed by atoms with Crippen molar-refractivity contribution in [3.63, 3.8) is 0 Å². The van der Waals surface area contributed by atoms with E-state index in [0.29, 0.717) is 0 Å². The van der Waals surface area contributed by atoms with Gasteiger partial charge in [-0.1, -0.05) is 25.5 Å². The Hall–Kier alpha value is -1.02. The van der Waals surface area contributed by atoms with E-state index >= 15 is 0 Å². The third kappa shape index (κ3) is 3.74. The maximum Gasteiger partial charge on any atom is 0.0316 e. The maximum atomic E-state index is 5.81. The summed E-state index contributed by atoms with van der Waals surface area (Å²) in [6, 6.07) is 9.14. The van der Waals surface area contributed by atoms with Crippen LogP contribution in [0.3, 0.4) is 0 Å². The lowest BCUT2D eigenvalue weighted by Gasteiger charge is -2.35. The number of likely N-dealkylation sites (tertiary alicyclic amines) is 1. The van der Waals surface area contributed by atoms with Gasteiger partial charge in [0.25, 0.3) is 0 Å². The summed E-state index contributed by atoms with van der Waals surface area (Å²) in [5.74, 6) is 0. The van der Waals surface area contributed by atoms with Crippen LogP contribution in [0, 0.1) is 0 Å². The summed E-state index contributed by atoms with van der Waals surface area (Å²) in [4.78, 5) is 2.69. The van der Waals surface area contributed by atoms with Gasteiger partial charge in [-0.15, -0.1) is 0 Å². The number of anilines is 1. The quantitative estimate of drug-likeness (QED) is 0.806. The van der Waals surface area contributed by atoms with Gasteiger partial charge in [0.15, 0.2) is 0 Å². The maximum absolute atomic E-state index is 5.81. The highest BCUT2D eigenvalue weighted by Crippen LogP contribution is 2.20. The summed E-state index contributed by atoms with van der Waals surface area (Å²) in [5, 5.41) is 0. The molecule has 100 valence electrons. The molecule has 0 aliphatic carbocycles. The largest absolute Gasteiger partial charge is 0.399 e. The predicted molar refractivity (Wildman–Crippen MR) is 78.7 cm³/mol. The molecule has 0 amide bonds. The minimum atomic E-state index is 0.833. The molecule has 2 rings (SSSR count). The first-order valence-corrected chi connectivity index (χ1v) is 7.38. The van der Waals surface area contributed by atoms with E-state index in [1.165, 1.54) is 50.8 Å². The Labute approximate surface area is 111 Å². The lowest BCUT2D eigenvalue weighted by atomic mass is 9.99. The summed E-state index contributed by atoms with van der Waals surface area (Å²) in [7, 11) is 0. The van der Waals surface area contributed by atoms with E-state index in [-0.39, 0.29) is 0 Å². The van der Waals surface area contributed by atoms with Crippen LogP contribution < -0.4 is 5.73 Å². The molecule has 1 aliphatic heterocycles. The van der Waals surface area contributed by atoms with Gasteiger partial charge in [0, 0.05) is 11.7 Å². The van der Waals surface area contributed by atoms with Gasteiger partial charge in [-0.25, -0.2) is 0 Å². The van der Waals surface area contributed by atoms with E-state index in [9.17, 15) is 0 Å². The summed E-state index contributed by atoms with van der Waals surface area (Å²) < 4.78 is 0. The number of nitrogens with zero attached hydrogens (tertiary/aromatic N) is 1. The van der Waals surface area contributed by atoms with E-state index < -0.39 is 0 Å². The molecule has 0 saturated carbocycles. The third-order valence-electron chi connectivity index (χ3n) is 4.08. The molecule has 1 aliphatic rings. The van der Waals surface area contributed by atoms with Crippen molar-refractivity contribution in [1.82, 2.24) is 4.90 Å². The molecule has 1 unspecified atom stereocenters. The minimum Gasteiger partial charge on any atom is -0.399 e. The predicted octanol–water partition coefficient (Wildman–Crippen LogP) is 3.47. The molecule has 0 spiro atoms. The Morgan fingerprint density at radius 3 is 3.00 bits per heavy atom. The molecular weight excluding hydrogens is 220 g/mol. The first-order valence-electron chi connectivity index (χ1n) is 7.38. The van der Waals surface area contributed by atoms with Crippen LogP contribution in [0.2, 0.25) is 0 Å². The zero-order chi connectivity index (χ0) is 12.8. The van der Waals surface area contributed by atoms with Gasteiger partial charge in [0.1, 0.15) is 0 Å². The van der Waals surface area contributed by atoms with Crippen LogP contribution >= 0.6 is 0 Å². The lowest BCUT2D eigenvalue weighted by molar-refractivity contribution is 0.142. The van der Waals surface area contributed by atoms with Crippen LogP contribution in [-0.2, 0) is 6.42 Å². The molecule has 0 radical (unpaired) electrons. The number of benzene rings is 1. The van der Waals surface area contributed by atoms with E-state index in [1.54, 1.807) is 0 Å². The van der Waals surface area contributed by atoms with Gasteiger partial charge in [-0.2, -0.15) is 0 Å². The van der Waals surface area contributed by atoms with E-state index in [1.807, 2.05) is 6.07 Å². The van der Waals surface area contributed by atoms with Gasteiger partial charge >= 0.3 is 0 Å². The molecule has 0 aromatic heterocycles. The molecule has 18 heavy (non-hydrogen) atoms. The zero-order valence-corrected chi connectivity index (χ0v) is 11.6. The second-order valence-electron chi connectivity index (χ2n) is 5.44. The number of nitrogens with two attached hydrogens (primary N) is 1. The van der Waals surface area contributed by atoms with Crippen molar-refractivity contribution in [3.05, 3.63) is 29.8 Å². The number of aryl methyl sites for hydroxylation is 1. The lowest BCUT2D eigenvalue weighted by Crippen LogP contribution is -2.39. The van der Waals surface area contributed by atoms with Crippen molar-refractivity contribution < 1.29 is 0 Å². The number of piperidine rings is 1. The SMILES string of the molecule is CCC1CCCCN1CCCc1cccc(N)c1. The molecule has 1 atom stereocenters. The standard InChI is InChI=1S/C16H26N2/c1-2-16-10-3-4-11-18(16)12-6-8-14-7-5-9-15(17)13-14/h5,7,9,13,16H,2-4,6,8,10-12,17H2,1H3. The Morgan fingerprint density at radius 2 is 2.22 bits per heavy atom. The topological polar surface area (TPSA) is 29.3 Å². The van der Waals surface area contributed by atoms with Gasteiger partial charge in [-0.05, 0) is 62.9 Å². The molecule has 2 nitrogen and oxygen atoms in total. The van der Waals surface area contributed by atoms with Crippen LogP contribution in [0.1, 0.15) is 44.6 Å². The van der Waals surface area contributed by atoms with Crippen molar-refractivity contribution in [1.29, 1.82) is 0 Å². The van der Waals surface area contributed by atoms with Gasteiger partial charge in [-0.3, -0.25) is 0 Å². The van der Waals surface area contributed by atoms with Gasteiger partial charge < -0.3 is 10.6 Å². The normalized spacial score (nSPS) is 21.1. The number of hydrogen-bond donors (Lipinski definition) is 1. The fourth-order valence-electron chi connectivity index (χ4n) is 3.05. The molecular formula is C16H26N2. The molecule has 2 N–H and O–H groups in total. The van der Waals surface area contributed by atoms with Crippen molar-refractivity contribution in [2.75, 3.05) is 18.8 Å². The van der Waals surface area contributed by atoms with Crippen molar-refractivity contribution >= 4 is 5.69 Å². The average molecular weight is 246 g/mol. The average Bonchev–Trinajstić information content (AvgIpc) is 2.39. The molecule has 1 saturated heterocycles. The van der Waals surface area contributed by atoms with Crippen molar-refractivity contribution in [3.8, 4) is 0 Å². The fourth-order valence-corrected chi connectivity index (χ4v) is 3.05. The van der Waals surface area contributed by atoms with Crippen LogP contribution in [0.15, 0.2) is 24.3 Å². The molecule has 2 heteroatoms. The first kappa shape index (κ1) is 13.4. The number of rotatable bonds is 5. The zero-order valence-electron chi connectivity index (χ0n) is 11.6. The monoisotopic (exact) mass is 246 g/mol. The highest BCUT2D eigenvalue weighted by Gasteiger charge is 2.19. The highest BCUT2D eigenvalue weighted by molar-refractivity contribution is 5.40. The highest BCUT2D eigenvalue weighted by atomic mass is 15.2. The first-order chi connectivity index (χ1) is 8.79.